The van der Waals surface area contributed by atoms with E-state index in [0.717, 1.165) is 61.4 Å². The molecule has 1 fully saturated rings. The van der Waals surface area contributed by atoms with Gasteiger partial charge >= 0.3 is 0 Å². The fraction of sp³-hybridized carbons (Fsp3) is 0.462. The fourth-order valence-electron chi connectivity index (χ4n) is 4.54. The minimum Gasteiger partial charge on any atom is -0.373 e. The molecule has 0 bridgehead atoms. The van der Waals surface area contributed by atoms with Crippen molar-refractivity contribution in [1.29, 1.82) is 0 Å². The first-order valence-electron chi connectivity index (χ1n) is 12.0. The number of para-hydroxylation sites is 1. The molecule has 0 spiro atoms. The molecule has 7 nitrogen and oxygen atoms in total. The molecule has 1 aliphatic carbocycles. The molecule has 0 aliphatic heterocycles. The summed E-state index contributed by atoms with van der Waals surface area (Å²) in [4.78, 5) is 13.8. The maximum absolute atomic E-state index is 5.66. The van der Waals surface area contributed by atoms with Crippen LogP contribution in [0, 0.1) is 0 Å². The van der Waals surface area contributed by atoms with Gasteiger partial charge in [0.1, 0.15) is 5.82 Å². The first-order valence-corrected chi connectivity index (χ1v) is 12.0. The zero-order valence-corrected chi connectivity index (χ0v) is 20.1. The Hall–Kier alpha value is -2.90. The number of likely N-dealkylation sites (N-methyl/N-ethyl adjacent to an activating group) is 1. The van der Waals surface area contributed by atoms with Gasteiger partial charge < -0.3 is 26.2 Å². The molecule has 0 saturated heterocycles. The number of benzene rings is 2. The van der Waals surface area contributed by atoms with Crippen LogP contribution >= 0.6 is 0 Å². The summed E-state index contributed by atoms with van der Waals surface area (Å²) < 4.78 is 0. The van der Waals surface area contributed by atoms with Crippen LogP contribution < -0.4 is 26.2 Å². The lowest BCUT2D eigenvalue weighted by atomic mass is 9.91. The van der Waals surface area contributed by atoms with Crippen molar-refractivity contribution >= 4 is 28.4 Å². The lowest BCUT2D eigenvalue weighted by Gasteiger charge is -2.30. The van der Waals surface area contributed by atoms with E-state index in [1.54, 1.807) is 0 Å². The van der Waals surface area contributed by atoms with Crippen LogP contribution in [-0.2, 0) is 6.54 Å². The number of nitrogens with two attached hydrogens (primary N) is 1. The van der Waals surface area contributed by atoms with Crippen LogP contribution in [-0.4, -0.2) is 56.3 Å². The second kappa shape index (κ2) is 10.8. The molecule has 4 N–H and O–H groups in total. The zero-order valence-electron chi connectivity index (χ0n) is 20.1. The van der Waals surface area contributed by atoms with Crippen LogP contribution in [0.4, 0.5) is 17.5 Å². The molecular formula is C26H37N7. The van der Waals surface area contributed by atoms with Gasteiger partial charge in [0.15, 0.2) is 0 Å². The number of nitrogens with one attached hydrogen (secondary N) is 2. The first kappa shape index (κ1) is 23.3. The van der Waals surface area contributed by atoms with Crippen LogP contribution in [0.2, 0.25) is 0 Å². The van der Waals surface area contributed by atoms with E-state index in [1.807, 2.05) is 26.2 Å². The van der Waals surface area contributed by atoms with Crippen LogP contribution in [0.3, 0.4) is 0 Å². The second-order valence-corrected chi connectivity index (χ2v) is 9.23. The Balaban J connectivity index is 1.28. The van der Waals surface area contributed by atoms with Gasteiger partial charge in [-0.25, -0.2) is 4.98 Å². The third-order valence-corrected chi connectivity index (χ3v) is 6.50. The van der Waals surface area contributed by atoms with Crippen molar-refractivity contribution in [2.24, 2.45) is 5.73 Å². The molecule has 0 unspecified atom stereocenters. The van der Waals surface area contributed by atoms with E-state index in [4.69, 9.17) is 15.7 Å². The standard InChI is InChI=1S/C26H37N7/c1-32(2)25-23-6-4-5-7-24(23)30-26(31-25)29-21-12-10-20(11-13-21)28-18-19-8-14-22(15-9-19)33(3)17-16-27/h4-9,14-15,20-21,28H,10-13,16-18,27H2,1-3H3,(H,29,30,31)/t20-,21+. The number of rotatable bonds is 9. The molecule has 1 saturated carbocycles. The summed E-state index contributed by atoms with van der Waals surface area (Å²) in [7, 11) is 6.14. The van der Waals surface area contributed by atoms with Gasteiger partial charge in [-0.2, -0.15) is 4.98 Å². The van der Waals surface area contributed by atoms with E-state index >= 15 is 0 Å². The van der Waals surface area contributed by atoms with Gasteiger partial charge in [0.2, 0.25) is 5.95 Å². The normalized spacial score (nSPS) is 18.3. The van der Waals surface area contributed by atoms with Crippen molar-refractivity contribution in [2.45, 2.75) is 44.3 Å². The molecule has 1 heterocycles. The number of nitrogens with zero attached hydrogens (tertiary/aromatic N) is 4. The Morgan fingerprint density at radius 1 is 0.909 bits per heavy atom. The van der Waals surface area contributed by atoms with Gasteiger partial charge in [0.25, 0.3) is 0 Å². The van der Waals surface area contributed by atoms with E-state index < -0.39 is 0 Å². The smallest absolute Gasteiger partial charge is 0.225 e. The molecule has 7 heteroatoms. The molecule has 2 aromatic carbocycles. The summed E-state index contributed by atoms with van der Waals surface area (Å²) in [5.74, 6) is 1.69. The summed E-state index contributed by atoms with van der Waals surface area (Å²) >= 11 is 0. The zero-order chi connectivity index (χ0) is 23.2. The summed E-state index contributed by atoms with van der Waals surface area (Å²) in [6.07, 6.45) is 4.55. The van der Waals surface area contributed by atoms with Crippen molar-refractivity contribution in [3.05, 3.63) is 54.1 Å². The molecule has 0 radical (unpaired) electrons. The lowest BCUT2D eigenvalue weighted by molar-refractivity contribution is 0.352. The maximum atomic E-state index is 5.66. The predicted octanol–water partition coefficient (Wildman–Crippen LogP) is 3.60. The fourth-order valence-corrected chi connectivity index (χ4v) is 4.54. The second-order valence-electron chi connectivity index (χ2n) is 9.23. The van der Waals surface area contributed by atoms with E-state index in [9.17, 15) is 0 Å². The summed E-state index contributed by atoms with van der Waals surface area (Å²) in [6, 6.07) is 17.9. The number of hydrogen-bond acceptors (Lipinski definition) is 7. The Morgan fingerprint density at radius 3 is 2.30 bits per heavy atom. The Morgan fingerprint density at radius 2 is 1.61 bits per heavy atom. The van der Waals surface area contributed by atoms with Crippen molar-refractivity contribution in [1.82, 2.24) is 15.3 Å². The van der Waals surface area contributed by atoms with Crippen LogP contribution in [0.15, 0.2) is 48.5 Å². The monoisotopic (exact) mass is 447 g/mol. The average Bonchev–Trinajstić information content (AvgIpc) is 2.83. The number of hydrogen-bond donors (Lipinski definition) is 3. The molecule has 0 atom stereocenters. The molecule has 176 valence electrons. The SMILES string of the molecule is CN(C)c1nc(N[C@H]2CC[C@@H](NCc3ccc(N(C)CCN)cc3)CC2)nc2ccccc12. The quantitative estimate of drug-likeness (QED) is 0.462. The highest BCUT2D eigenvalue weighted by atomic mass is 15.2. The highest BCUT2D eigenvalue weighted by molar-refractivity contribution is 5.90. The number of aromatic nitrogens is 2. The predicted molar refractivity (Wildman–Crippen MR) is 139 cm³/mol. The third kappa shape index (κ3) is 5.92. The topological polar surface area (TPSA) is 82.3 Å². The minimum absolute atomic E-state index is 0.414. The Bertz CT molecular complexity index is 1030. The van der Waals surface area contributed by atoms with Gasteiger partial charge in [-0.3, -0.25) is 0 Å². The van der Waals surface area contributed by atoms with E-state index in [1.165, 1.54) is 11.3 Å². The van der Waals surface area contributed by atoms with Crippen molar-refractivity contribution in [3.63, 3.8) is 0 Å². The minimum atomic E-state index is 0.414. The van der Waals surface area contributed by atoms with Gasteiger partial charge in [0.05, 0.1) is 5.52 Å². The van der Waals surface area contributed by atoms with Crippen molar-refractivity contribution in [2.75, 3.05) is 49.3 Å². The average molecular weight is 448 g/mol. The van der Waals surface area contributed by atoms with Crippen molar-refractivity contribution in [3.8, 4) is 0 Å². The molecule has 1 aromatic heterocycles. The number of anilines is 3. The van der Waals surface area contributed by atoms with E-state index in [0.29, 0.717) is 18.6 Å². The summed E-state index contributed by atoms with van der Waals surface area (Å²) in [5.41, 5.74) is 9.17. The van der Waals surface area contributed by atoms with Crippen LogP contribution in [0.25, 0.3) is 10.9 Å². The lowest BCUT2D eigenvalue weighted by Crippen LogP contribution is -2.37. The largest absolute Gasteiger partial charge is 0.373 e. The van der Waals surface area contributed by atoms with Crippen LogP contribution in [0.5, 0.6) is 0 Å². The molecular weight excluding hydrogens is 410 g/mol. The van der Waals surface area contributed by atoms with Crippen LogP contribution in [0.1, 0.15) is 31.2 Å². The first-order chi connectivity index (χ1) is 16.0. The number of fused-ring (bicyclic) bond motifs is 1. The van der Waals surface area contributed by atoms with Crippen molar-refractivity contribution < 1.29 is 0 Å². The molecule has 33 heavy (non-hydrogen) atoms. The maximum Gasteiger partial charge on any atom is 0.225 e. The Labute approximate surface area is 197 Å². The van der Waals surface area contributed by atoms with Gasteiger partial charge in [-0.15, -0.1) is 0 Å². The van der Waals surface area contributed by atoms with E-state index in [-0.39, 0.29) is 0 Å². The summed E-state index contributed by atoms with van der Waals surface area (Å²) in [5, 5.41) is 8.43. The molecule has 4 rings (SSSR count). The third-order valence-electron chi connectivity index (χ3n) is 6.50. The molecule has 3 aromatic rings. The van der Waals surface area contributed by atoms with Gasteiger partial charge in [-0.05, 0) is 55.5 Å². The van der Waals surface area contributed by atoms with Gasteiger partial charge in [0, 0.05) is 63.9 Å². The highest BCUT2D eigenvalue weighted by Gasteiger charge is 2.22. The molecule has 1 aliphatic rings. The molecule has 0 amide bonds. The Kier molecular flexibility index (Phi) is 7.62. The highest BCUT2D eigenvalue weighted by Crippen LogP contribution is 2.26. The van der Waals surface area contributed by atoms with Gasteiger partial charge in [-0.1, -0.05) is 24.3 Å². The summed E-state index contributed by atoms with van der Waals surface area (Å²) in [6.45, 7) is 2.44. The van der Waals surface area contributed by atoms with E-state index in [2.05, 4.69) is 63.9 Å².